The van der Waals surface area contributed by atoms with Gasteiger partial charge in [0.25, 0.3) is 0 Å². The molecule has 0 spiro atoms. The van der Waals surface area contributed by atoms with E-state index in [0.717, 1.165) is 30.2 Å². The van der Waals surface area contributed by atoms with Gasteiger partial charge in [0.1, 0.15) is 12.1 Å². The molecule has 1 aromatic heterocycles. The lowest BCUT2D eigenvalue weighted by Crippen LogP contribution is -2.33. The van der Waals surface area contributed by atoms with E-state index in [0.29, 0.717) is 5.92 Å². The largest absolute Gasteiger partial charge is 0.354 e. The van der Waals surface area contributed by atoms with E-state index in [1.54, 1.807) is 4.68 Å². The molecule has 1 atom stereocenters. The third kappa shape index (κ3) is 2.83. The number of hydrogen-bond acceptors (Lipinski definition) is 4. The van der Waals surface area contributed by atoms with Crippen molar-refractivity contribution in [3.63, 3.8) is 0 Å². The van der Waals surface area contributed by atoms with E-state index in [4.69, 9.17) is 0 Å². The number of nitrogens with zero attached hydrogens (tertiary/aromatic N) is 4. The molecule has 1 aromatic carbocycles. The molecule has 6 nitrogen and oxygen atoms in total. The van der Waals surface area contributed by atoms with Crippen molar-refractivity contribution in [2.75, 3.05) is 19.6 Å². The van der Waals surface area contributed by atoms with Crippen molar-refractivity contribution >= 4 is 16.9 Å². The van der Waals surface area contributed by atoms with Crippen molar-refractivity contribution in [2.45, 2.75) is 31.8 Å². The first-order valence-electron chi connectivity index (χ1n) is 8.08. The second-order valence-corrected chi connectivity index (χ2v) is 6.42. The average Bonchev–Trinajstić information content (AvgIpc) is 3.15. The molecule has 0 unspecified atom stereocenters. The Morgan fingerprint density at radius 3 is 3.00 bits per heavy atom. The molecule has 0 bridgehead atoms. The second-order valence-electron chi connectivity index (χ2n) is 6.42. The molecule has 6 heteroatoms. The smallest absolute Gasteiger partial charge is 0.241 e. The van der Waals surface area contributed by atoms with Crippen LogP contribution >= 0.6 is 0 Å². The van der Waals surface area contributed by atoms with Crippen LogP contribution in [-0.4, -0.2) is 51.5 Å². The van der Waals surface area contributed by atoms with Crippen LogP contribution < -0.4 is 5.32 Å². The molecule has 0 radical (unpaired) electrons. The second kappa shape index (κ2) is 5.68. The average molecular weight is 299 g/mol. The van der Waals surface area contributed by atoms with Gasteiger partial charge in [-0.15, -0.1) is 5.10 Å². The summed E-state index contributed by atoms with van der Waals surface area (Å²) in [5, 5.41) is 11.2. The van der Waals surface area contributed by atoms with Gasteiger partial charge in [-0.05, 0) is 43.9 Å². The van der Waals surface area contributed by atoms with Crippen LogP contribution in [0.3, 0.4) is 0 Å². The van der Waals surface area contributed by atoms with E-state index in [9.17, 15) is 4.79 Å². The van der Waals surface area contributed by atoms with Crippen LogP contribution in [0.25, 0.3) is 11.0 Å². The normalized spacial score (nSPS) is 22.3. The van der Waals surface area contributed by atoms with Gasteiger partial charge in [-0.1, -0.05) is 17.3 Å². The lowest BCUT2D eigenvalue weighted by Gasteiger charge is -2.15. The predicted octanol–water partition coefficient (Wildman–Crippen LogP) is 1.03. The summed E-state index contributed by atoms with van der Waals surface area (Å²) in [5.41, 5.74) is 1.73. The maximum atomic E-state index is 12.1. The summed E-state index contributed by atoms with van der Waals surface area (Å²) < 4.78 is 1.66. The Morgan fingerprint density at radius 1 is 1.27 bits per heavy atom. The number of nitrogens with one attached hydrogen (secondary N) is 1. The van der Waals surface area contributed by atoms with Crippen molar-refractivity contribution in [3.8, 4) is 0 Å². The molecule has 1 saturated carbocycles. The SMILES string of the molecule is O=C(Cn1nnc2ccccc21)NC[C@H]1CCN(C2CC2)C1. The lowest BCUT2D eigenvalue weighted by molar-refractivity contribution is -0.121. The Morgan fingerprint density at radius 2 is 2.14 bits per heavy atom. The molecule has 22 heavy (non-hydrogen) atoms. The van der Waals surface area contributed by atoms with Gasteiger partial charge in [-0.2, -0.15) is 0 Å². The predicted molar refractivity (Wildman–Crippen MR) is 83.2 cm³/mol. The third-order valence-electron chi connectivity index (χ3n) is 4.68. The van der Waals surface area contributed by atoms with Crippen LogP contribution in [0.15, 0.2) is 24.3 Å². The van der Waals surface area contributed by atoms with Gasteiger partial charge < -0.3 is 10.2 Å². The maximum absolute atomic E-state index is 12.1. The number of hydrogen-bond donors (Lipinski definition) is 1. The van der Waals surface area contributed by atoms with Crippen LogP contribution in [0.1, 0.15) is 19.3 Å². The summed E-state index contributed by atoms with van der Waals surface area (Å²) in [4.78, 5) is 14.7. The molecule has 1 saturated heterocycles. The molecule has 2 aromatic rings. The molecule has 1 N–H and O–H groups in total. The van der Waals surface area contributed by atoms with Crippen LogP contribution in [0, 0.1) is 5.92 Å². The fourth-order valence-corrected chi connectivity index (χ4v) is 3.28. The van der Waals surface area contributed by atoms with Crippen molar-refractivity contribution in [3.05, 3.63) is 24.3 Å². The number of carbonyl (C=O) groups excluding carboxylic acids is 1. The quantitative estimate of drug-likeness (QED) is 0.896. The third-order valence-corrected chi connectivity index (χ3v) is 4.68. The van der Waals surface area contributed by atoms with Crippen molar-refractivity contribution in [1.82, 2.24) is 25.2 Å². The molecule has 1 aliphatic carbocycles. The highest BCUT2D eigenvalue weighted by Crippen LogP contribution is 2.31. The van der Waals surface area contributed by atoms with Crippen LogP contribution in [0.2, 0.25) is 0 Å². The number of fused-ring (bicyclic) bond motifs is 1. The zero-order valence-electron chi connectivity index (χ0n) is 12.6. The fourth-order valence-electron chi connectivity index (χ4n) is 3.28. The monoisotopic (exact) mass is 299 g/mol. The zero-order chi connectivity index (χ0) is 14.9. The van der Waals surface area contributed by atoms with Crippen LogP contribution in [-0.2, 0) is 11.3 Å². The van der Waals surface area contributed by atoms with Gasteiger partial charge in [-0.25, -0.2) is 4.68 Å². The van der Waals surface area contributed by atoms with E-state index in [-0.39, 0.29) is 12.5 Å². The Kier molecular flexibility index (Phi) is 3.54. The molecule has 4 rings (SSSR count). The molecule has 2 aliphatic rings. The molecule has 1 aliphatic heterocycles. The number of para-hydroxylation sites is 1. The minimum Gasteiger partial charge on any atom is -0.354 e. The van der Waals surface area contributed by atoms with Crippen molar-refractivity contribution in [1.29, 1.82) is 0 Å². The maximum Gasteiger partial charge on any atom is 0.241 e. The summed E-state index contributed by atoms with van der Waals surface area (Å²) in [5.74, 6) is 0.609. The van der Waals surface area contributed by atoms with Gasteiger partial charge in [0, 0.05) is 19.1 Å². The molecular weight excluding hydrogens is 278 g/mol. The molecular formula is C16H21N5O. The van der Waals surface area contributed by atoms with Gasteiger partial charge in [0.05, 0.1) is 5.52 Å². The first kappa shape index (κ1) is 13.7. The molecule has 2 fully saturated rings. The summed E-state index contributed by atoms with van der Waals surface area (Å²) in [6.45, 7) is 3.34. The topological polar surface area (TPSA) is 63.1 Å². The Hall–Kier alpha value is -1.95. The highest BCUT2D eigenvalue weighted by Gasteiger charge is 2.34. The number of carbonyl (C=O) groups is 1. The van der Waals surface area contributed by atoms with Gasteiger partial charge >= 0.3 is 0 Å². The number of benzene rings is 1. The van der Waals surface area contributed by atoms with E-state index in [2.05, 4.69) is 20.5 Å². The number of amides is 1. The number of likely N-dealkylation sites (tertiary alicyclic amines) is 1. The van der Waals surface area contributed by atoms with Crippen molar-refractivity contribution in [2.24, 2.45) is 5.92 Å². The summed E-state index contributed by atoms with van der Waals surface area (Å²) in [6.07, 6.45) is 3.92. The van der Waals surface area contributed by atoms with Gasteiger partial charge in [0.2, 0.25) is 5.91 Å². The van der Waals surface area contributed by atoms with E-state index < -0.39 is 0 Å². The molecule has 2 heterocycles. The first-order chi connectivity index (χ1) is 10.8. The van der Waals surface area contributed by atoms with Gasteiger partial charge in [-0.3, -0.25) is 4.79 Å². The minimum atomic E-state index is 0.0144. The number of aromatic nitrogens is 3. The molecule has 116 valence electrons. The lowest BCUT2D eigenvalue weighted by atomic mass is 10.1. The number of rotatable bonds is 5. The summed E-state index contributed by atoms with van der Waals surface area (Å²) >= 11 is 0. The van der Waals surface area contributed by atoms with E-state index in [1.807, 2.05) is 24.3 Å². The Balaban J connectivity index is 1.29. The van der Waals surface area contributed by atoms with E-state index >= 15 is 0 Å². The van der Waals surface area contributed by atoms with Crippen LogP contribution in [0.4, 0.5) is 0 Å². The Bertz CT molecular complexity index is 678. The first-order valence-corrected chi connectivity index (χ1v) is 8.08. The van der Waals surface area contributed by atoms with E-state index in [1.165, 1.54) is 25.8 Å². The fraction of sp³-hybridized carbons (Fsp3) is 0.562. The van der Waals surface area contributed by atoms with Crippen LogP contribution in [0.5, 0.6) is 0 Å². The minimum absolute atomic E-state index is 0.0144. The standard InChI is InChI=1S/C16H21N5O/c22-16(11-21-15-4-2-1-3-14(15)18-19-21)17-9-12-7-8-20(10-12)13-5-6-13/h1-4,12-13H,5-11H2,(H,17,22)/t12-/m1/s1. The summed E-state index contributed by atoms with van der Waals surface area (Å²) in [7, 11) is 0. The summed E-state index contributed by atoms with van der Waals surface area (Å²) in [6, 6.07) is 8.54. The van der Waals surface area contributed by atoms with Crippen molar-refractivity contribution < 1.29 is 4.79 Å². The highest BCUT2D eigenvalue weighted by molar-refractivity contribution is 5.79. The Labute approximate surface area is 129 Å². The molecule has 1 amide bonds. The van der Waals surface area contributed by atoms with Gasteiger partial charge in [0.15, 0.2) is 0 Å². The highest BCUT2D eigenvalue weighted by atomic mass is 16.2. The zero-order valence-corrected chi connectivity index (χ0v) is 12.6.